The van der Waals surface area contributed by atoms with Crippen LogP contribution in [0, 0.1) is 16.0 Å². The second kappa shape index (κ2) is 5.80. The highest BCUT2D eigenvalue weighted by atomic mass is 35.5. The van der Waals surface area contributed by atoms with Crippen LogP contribution in [0.15, 0.2) is 48.6 Å². The van der Waals surface area contributed by atoms with Gasteiger partial charge < -0.3 is 5.32 Å². The van der Waals surface area contributed by atoms with Crippen LogP contribution >= 0.6 is 23.2 Å². The molecular formula is C18H14Cl2N2O2. The third kappa shape index (κ3) is 2.38. The minimum absolute atomic E-state index is 0.0364. The molecule has 2 aromatic rings. The molecule has 2 aliphatic rings. The Kier molecular flexibility index (Phi) is 3.74. The number of non-ortho nitro benzene ring substituents is 1. The van der Waals surface area contributed by atoms with Crippen molar-refractivity contribution in [1.82, 2.24) is 0 Å². The van der Waals surface area contributed by atoms with Gasteiger partial charge in [0.2, 0.25) is 0 Å². The van der Waals surface area contributed by atoms with E-state index in [9.17, 15) is 10.1 Å². The van der Waals surface area contributed by atoms with Crippen LogP contribution < -0.4 is 5.32 Å². The number of anilines is 1. The van der Waals surface area contributed by atoms with E-state index in [4.69, 9.17) is 23.2 Å². The van der Waals surface area contributed by atoms with Crippen molar-refractivity contribution in [3.05, 3.63) is 79.8 Å². The summed E-state index contributed by atoms with van der Waals surface area (Å²) in [5, 5.41) is 15.7. The number of rotatable bonds is 2. The fourth-order valence-corrected chi connectivity index (χ4v) is 4.26. The minimum atomic E-state index is -0.385. The molecule has 1 aliphatic carbocycles. The molecule has 0 amide bonds. The van der Waals surface area contributed by atoms with Crippen molar-refractivity contribution in [1.29, 1.82) is 0 Å². The number of nitro benzene ring substituents is 1. The number of nitro groups is 1. The highest BCUT2D eigenvalue weighted by molar-refractivity contribution is 6.36. The minimum Gasteiger partial charge on any atom is -0.376 e. The van der Waals surface area contributed by atoms with E-state index in [2.05, 4.69) is 17.5 Å². The summed E-state index contributed by atoms with van der Waals surface area (Å²) >= 11 is 12.8. The predicted octanol–water partition coefficient (Wildman–Crippen LogP) is 5.73. The molecule has 1 aliphatic heterocycles. The first kappa shape index (κ1) is 15.5. The highest BCUT2D eigenvalue weighted by Crippen LogP contribution is 2.53. The summed E-state index contributed by atoms with van der Waals surface area (Å²) < 4.78 is 0. The monoisotopic (exact) mass is 360 g/mol. The van der Waals surface area contributed by atoms with Crippen LogP contribution in [0.4, 0.5) is 11.4 Å². The van der Waals surface area contributed by atoms with Gasteiger partial charge in [0.1, 0.15) is 0 Å². The summed E-state index contributed by atoms with van der Waals surface area (Å²) in [5.74, 6) is 0.516. The zero-order chi connectivity index (χ0) is 16.8. The van der Waals surface area contributed by atoms with E-state index in [1.807, 2.05) is 18.2 Å². The highest BCUT2D eigenvalue weighted by Gasteiger charge is 2.39. The molecule has 0 spiro atoms. The van der Waals surface area contributed by atoms with E-state index >= 15 is 0 Å². The van der Waals surface area contributed by atoms with Gasteiger partial charge in [-0.1, -0.05) is 47.5 Å². The van der Waals surface area contributed by atoms with Gasteiger partial charge in [0.25, 0.3) is 5.69 Å². The molecule has 3 atom stereocenters. The number of hydrogen-bond acceptors (Lipinski definition) is 3. The van der Waals surface area contributed by atoms with Crippen molar-refractivity contribution >= 4 is 34.6 Å². The Morgan fingerprint density at radius 1 is 1.08 bits per heavy atom. The molecule has 24 heavy (non-hydrogen) atoms. The van der Waals surface area contributed by atoms with Crippen molar-refractivity contribution in [2.45, 2.75) is 18.4 Å². The quantitative estimate of drug-likeness (QED) is 0.422. The van der Waals surface area contributed by atoms with Crippen LogP contribution in [-0.2, 0) is 0 Å². The molecule has 0 unspecified atom stereocenters. The lowest BCUT2D eigenvalue weighted by atomic mass is 9.77. The van der Waals surface area contributed by atoms with Crippen LogP contribution in [-0.4, -0.2) is 4.92 Å². The van der Waals surface area contributed by atoms with Crippen LogP contribution in [0.2, 0.25) is 10.0 Å². The maximum absolute atomic E-state index is 10.9. The summed E-state index contributed by atoms with van der Waals surface area (Å²) in [6.45, 7) is 0. The van der Waals surface area contributed by atoms with Crippen LogP contribution in [0.5, 0.6) is 0 Å². The average Bonchev–Trinajstić information content (AvgIpc) is 3.07. The van der Waals surface area contributed by atoms with Crippen LogP contribution in [0.3, 0.4) is 0 Å². The maximum Gasteiger partial charge on any atom is 0.269 e. The lowest BCUT2D eigenvalue weighted by molar-refractivity contribution is -0.384. The van der Waals surface area contributed by atoms with Crippen molar-refractivity contribution in [2.75, 3.05) is 5.32 Å². The van der Waals surface area contributed by atoms with Gasteiger partial charge in [-0.3, -0.25) is 10.1 Å². The van der Waals surface area contributed by atoms with Gasteiger partial charge in [-0.15, -0.1) is 0 Å². The SMILES string of the molecule is O=[N+]([O-])c1ccc([C@@H]2Nc3c(Cl)ccc(Cl)c3[C@@H]3C=CC[C@@H]32)cc1. The first-order chi connectivity index (χ1) is 11.6. The van der Waals surface area contributed by atoms with E-state index in [0.29, 0.717) is 16.0 Å². The van der Waals surface area contributed by atoms with Gasteiger partial charge in [-0.25, -0.2) is 0 Å². The van der Waals surface area contributed by atoms with E-state index in [1.165, 1.54) is 0 Å². The van der Waals surface area contributed by atoms with Crippen molar-refractivity contribution < 1.29 is 4.92 Å². The van der Waals surface area contributed by atoms with E-state index in [1.54, 1.807) is 18.2 Å². The number of fused-ring (bicyclic) bond motifs is 3. The summed E-state index contributed by atoms with van der Waals surface area (Å²) in [7, 11) is 0. The first-order valence-electron chi connectivity index (χ1n) is 7.71. The Morgan fingerprint density at radius 3 is 2.50 bits per heavy atom. The summed E-state index contributed by atoms with van der Waals surface area (Å²) in [4.78, 5) is 10.5. The molecule has 2 aromatic carbocycles. The molecule has 1 heterocycles. The lowest BCUT2D eigenvalue weighted by Crippen LogP contribution is -2.29. The molecular weight excluding hydrogens is 347 g/mol. The zero-order valence-corrected chi connectivity index (χ0v) is 14.1. The van der Waals surface area contributed by atoms with Crippen LogP contribution in [0.25, 0.3) is 0 Å². The molecule has 0 saturated carbocycles. The topological polar surface area (TPSA) is 55.2 Å². The second-order valence-electron chi connectivity index (χ2n) is 6.14. The molecule has 122 valence electrons. The molecule has 0 bridgehead atoms. The van der Waals surface area contributed by atoms with E-state index < -0.39 is 0 Å². The zero-order valence-electron chi connectivity index (χ0n) is 12.6. The van der Waals surface area contributed by atoms with E-state index in [-0.39, 0.29) is 22.6 Å². The van der Waals surface area contributed by atoms with Gasteiger partial charge in [-0.05, 0) is 30.0 Å². The Balaban J connectivity index is 1.78. The lowest BCUT2D eigenvalue weighted by Gasteiger charge is -2.38. The number of benzene rings is 2. The van der Waals surface area contributed by atoms with Gasteiger partial charge in [0, 0.05) is 28.6 Å². The number of hydrogen-bond donors (Lipinski definition) is 1. The molecule has 0 radical (unpaired) electrons. The Morgan fingerprint density at radius 2 is 1.79 bits per heavy atom. The number of allylic oxidation sites excluding steroid dienone is 2. The second-order valence-corrected chi connectivity index (χ2v) is 6.96. The molecule has 0 aromatic heterocycles. The standard InChI is InChI=1S/C18H14Cl2N2O2/c19-14-8-9-15(20)18-16(14)12-2-1-3-13(12)17(21-18)10-4-6-11(7-5-10)22(23)24/h1-2,4-9,12-13,17,21H,3H2/t12-,13+,17+/m1/s1. The number of halogens is 2. The van der Waals surface area contributed by atoms with Crippen molar-refractivity contribution in [2.24, 2.45) is 5.92 Å². The number of nitrogens with zero attached hydrogens (tertiary/aromatic N) is 1. The molecule has 4 nitrogen and oxygen atoms in total. The predicted molar refractivity (Wildman–Crippen MR) is 95.9 cm³/mol. The Hall–Kier alpha value is -2.04. The third-order valence-electron chi connectivity index (χ3n) is 4.88. The Labute approximate surface area is 149 Å². The van der Waals surface area contributed by atoms with Crippen molar-refractivity contribution in [3.63, 3.8) is 0 Å². The molecule has 1 N–H and O–H groups in total. The fourth-order valence-electron chi connectivity index (χ4n) is 3.76. The fraction of sp³-hybridized carbons (Fsp3) is 0.222. The van der Waals surface area contributed by atoms with Gasteiger partial charge >= 0.3 is 0 Å². The summed E-state index contributed by atoms with van der Waals surface area (Å²) in [5.41, 5.74) is 3.01. The third-order valence-corrected chi connectivity index (χ3v) is 5.52. The van der Waals surface area contributed by atoms with Crippen molar-refractivity contribution in [3.8, 4) is 0 Å². The maximum atomic E-state index is 10.9. The van der Waals surface area contributed by atoms with Crippen LogP contribution in [0.1, 0.15) is 29.5 Å². The normalized spacial score (nSPS) is 24.2. The first-order valence-corrected chi connectivity index (χ1v) is 8.47. The molecule has 4 rings (SSSR count). The summed E-state index contributed by atoms with van der Waals surface area (Å²) in [6, 6.07) is 10.4. The molecule has 0 saturated heterocycles. The summed E-state index contributed by atoms with van der Waals surface area (Å²) in [6.07, 6.45) is 5.29. The Bertz CT molecular complexity index is 849. The van der Waals surface area contributed by atoms with Gasteiger partial charge in [0.05, 0.1) is 21.7 Å². The van der Waals surface area contributed by atoms with Gasteiger partial charge in [0.15, 0.2) is 0 Å². The van der Waals surface area contributed by atoms with E-state index in [0.717, 1.165) is 23.2 Å². The van der Waals surface area contributed by atoms with Gasteiger partial charge in [-0.2, -0.15) is 0 Å². The largest absolute Gasteiger partial charge is 0.376 e. The molecule has 0 fully saturated rings. The molecule has 6 heteroatoms. The average molecular weight is 361 g/mol. The smallest absolute Gasteiger partial charge is 0.269 e. The number of nitrogens with one attached hydrogen (secondary N) is 1.